The minimum absolute atomic E-state index is 0.127. The molecule has 0 aliphatic carbocycles. The number of rotatable bonds is 19. The number of nitrogens with two attached hydrogens (primary N) is 1. The molecule has 8 unspecified atom stereocenters. The summed E-state index contributed by atoms with van der Waals surface area (Å²) in [5.74, 6) is -4.35. The van der Waals surface area contributed by atoms with Crippen LogP contribution in [-0.4, -0.2) is 170 Å². The number of epoxide rings is 1. The van der Waals surface area contributed by atoms with Gasteiger partial charge in [-0.05, 0) is 89.1 Å². The van der Waals surface area contributed by atoms with E-state index in [0.29, 0.717) is 43.0 Å². The summed E-state index contributed by atoms with van der Waals surface area (Å²) in [5, 5.41) is 20.0. The maximum atomic E-state index is 14.5. The molecule has 2 saturated heterocycles. The average molecular weight is 1060 g/mol. The van der Waals surface area contributed by atoms with Crippen LogP contribution < -0.4 is 31.3 Å². The van der Waals surface area contributed by atoms with Crippen LogP contribution in [0.25, 0.3) is 0 Å². The summed E-state index contributed by atoms with van der Waals surface area (Å²) >= 11 is 8.26. The van der Waals surface area contributed by atoms with E-state index in [2.05, 4.69) is 16.0 Å². The van der Waals surface area contributed by atoms with Crippen molar-refractivity contribution in [2.75, 3.05) is 58.3 Å². The predicted octanol–water partition coefficient (Wildman–Crippen LogP) is 2.68. The number of benzene rings is 1. The number of fused-ring (bicyclic) bond motifs is 5. The Kier molecular flexibility index (Phi) is 20.5. The maximum Gasteiger partial charge on any atom is 0.409 e. The number of allylic oxidation sites excluding steroid dienone is 3. The first kappa shape index (κ1) is 58.4. The van der Waals surface area contributed by atoms with Gasteiger partial charge in [0.1, 0.15) is 52.8 Å². The zero-order valence-corrected chi connectivity index (χ0v) is 44.5. The van der Waals surface area contributed by atoms with Crippen LogP contribution in [0.15, 0.2) is 48.1 Å². The second kappa shape index (κ2) is 25.6. The van der Waals surface area contributed by atoms with E-state index in [-0.39, 0.29) is 37.3 Å². The number of likely N-dealkylation sites (N-methyl/N-ethyl adjacent to an activating group) is 1. The van der Waals surface area contributed by atoms with Crippen molar-refractivity contribution in [3.05, 3.63) is 58.7 Å². The fourth-order valence-corrected chi connectivity index (χ4v) is 9.88. The quantitative estimate of drug-likeness (QED) is 0.0577. The van der Waals surface area contributed by atoms with Gasteiger partial charge in [0.15, 0.2) is 5.72 Å². The van der Waals surface area contributed by atoms with Gasteiger partial charge in [-0.2, -0.15) is 11.8 Å². The lowest BCUT2D eigenvalue weighted by molar-refractivity contribution is -0.162. The molecule has 2 fully saturated rings. The fraction of sp³-hybridized carbons (Fsp3) is 0.600. The van der Waals surface area contributed by atoms with Crippen molar-refractivity contribution in [3.63, 3.8) is 0 Å². The number of esters is 1. The standard InChI is InChI=1S/C50H70ClN7O14S/c1-28-13-12-15-37(69-8)50(67)27-36(70-48(66)55-50)29(2)44-49(4,72-44)38(26-42(62)57(6)34-24-31(23-28)25-35(68-7)43(34)51)71-47(65)30(3)56(5)46(64)33(19-22-73-9)54-45(63)32(14-10-11-20-52)53-39(59)18-21-58-40(60)16-17-41(58)61/h12-13,15-17,24-25,29-30,32-33,36-38,44,67H,10-11,14,18-23,26-27,52H2,1-9H3,(H,53,59)(H,54,63)(H,55,66)/b15-12+,28-13+/t29?,30-,32+,33?,36?,37?,38?,44?,49?,50?/m0/s1. The molecule has 4 aliphatic heterocycles. The number of amides is 7. The highest BCUT2D eigenvalue weighted by Gasteiger charge is 2.64. The fourth-order valence-electron chi connectivity index (χ4n) is 9.10. The van der Waals surface area contributed by atoms with Gasteiger partial charge in [-0.25, -0.2) is 9.59 Å². The molecule has 6 N–H and O–H groups in total. The third-order valence-corrected chi connectivity index (χ3v) is 14.8. The first-order valence-electron chi connectivity index (χ1n) is 24.2. The van der Waals surface area contributed by atoms with Crippen LogP contribution >= 0.6 is 23.4 Å². The molecule has 0 spiro atoms. The molecule has 5 rings (SSSR count). The summed E-state index contributed by atoms with van der Waals surface area (Å²) in [4.78, 5) is 111. The number of imide groups is 1. The summed E-state index contributed by atoms with van der Waals surface area (Å²) in [6, 6.07) is -0.0573. The molecule has 23 heteroatoms. The molecular weight excluding hydrogens is 990 g/mol. The minimum Gasteiger partial charge on any atom is -0.495 e. The van der Waals surface area contributed by atoms with Crippen molar-refractivity contribution in [1.29, 1.82) is 0 Å². The van der Waals surface area contributed by atoms with Crippen LogP contribution in [0, 0.1) is 5.92 Å². The number of halogens is 1. The summed E-state index contributed by atoms with van der Waals surface area (Å²) in [6.45, 7) is 6.87. The molecule has 7 amide bonds. The molecule has 4 heterocycles. The van der Waals surface area contributed by atoms with E-state index < -0.39 is 114 Å². The van der Waals surface area contributed by atoms with Gasteiger partial charge in [-0.1, -0.05) is 42.3 Å². The van der Waals surface area contributed by atoms with Crippen molar-refractivity contribution < 1.29 is 67.1 Å². The molecule has 10 atom stereocenters. The van der Waals surface area contributed by atoms with E-state index in [1.165, 1.54) is 51.9 Å². The van der Waals surface area contributed by atoms with Crippen LogP contribution in [-0.2, 0) is 58.9 Å². The molecule has 4 aliphatic rings. The number of alkyl carbamates (subject to hydrolysis) is 1. The monoisotopic (exact) mass is 1060 g/mol. The molecule has 1 aromatic carbocycles. The van der Waals surface area contributed by atoms with Gasteiger partial charge >= 0.3 is 12.1 Å². The Balaban J connectivity index is 1.41. The smallest absolute Gasteiger partial charge is 0.409 e. The van der Waals surface area contributed by atoms with E-state index in [4.69, 9.17) is 41.0 Å². The third kappa shape index (κ3) is 14.4. The molecule has 21 nitrogen and oxygen atoms in total. The number of carbonyl (C=O) groups excluding carboxylic acids is 8. The number of nitrogens with one attached hydrogen (secondary N) is 3. The third-order valence-electron chi connectivity index (χ3n) is 13.8. The van der Waals surface area contributed by atoms with Gasteiger partial charge < -0.3 is 55.0 Å². The van der Waals surface area contributed by atoms with E-state index in [1.807, 2.05) is 19.3 Å². The number of unbranched alkanes of at least 4 members (excludes halogenated alkanes) is 1. The second-order valence-corrected chi connectivity index (χ2v) is 20.4. The number of aliphatic hydroxyl groups is 1. The number of nitrogens with zero attached hydrogens (tertiary/aromatic N) is 3. The summed E-state index contributed by atoms with van der Waals surface area (Å²) in [6.07, 6.45) is 5.13. The Hall–Kier alpha value is -5.52. The topological polar surface area (TPSA) is 278 Å². The molecule has 0 aromatic heterocycles. The lowest BCUT2D eigenvalue weighted by Gasteiger charge is -2.42. The van der Waals surface area contributed by atoms with Crippen molar-refractivity contribution >= 4 is 76.6 Å². The predicted molar refractivity (Wildman–Crippen MR) is 271 cm³/mol. The van der Waals surface area contributed by atoms with E-state index in [0.717, 1.165) is 33.1 Å². The van der Waals surface area contributed by atoms with Gasteiger partial charge in [0.25, 0.3) is 11.8 Å². The SMILES string of the molecule is COc1cc2cc(c1Cl)N(C)C(=O)CC(OC(=O)[C@H](C)N(C)C(=O)C(CCSC)NC(=O)[C@@H](CCCCN)NC(=O)CCN1C(=O)C=CC1=O)C1(C)OC1C(C)C1CC(O)(NC(=O)O1)C(OC)/C=C/C=C(\C)C2. The van der Waals surface area contributed by atoms with Crippen LogP contribution in [0.1, 0.15) is 78.2 Å². The van der Waals surface area contributed by atoms with E-state index in [9.17, 15) is 43.5 Å². The first-order chi connectivity index (χ1) is 34.5. The van der Waals surface area contributed by atoms with Crippen LogP contribution in [0.2, 0.25) is 5.02 Å². The van der Waals surface area contributed by atoms with Crippen LogP contribution in [0.3, 0.4) is 0 Å². The number of carbonyl (C=O) groups is 8. The highest BCUT2D eigenvalue weighted by molar-refractivity contribution is 7.98. The van der Waals surface area contributed by atoms with Crippen molar-refractivity contribution in [2.24, 2.45) is 11.7 Å². The summed E-state index contributed by atoms with van der Waals surface area (Å²) < 4.78 is 29.5. The number of anilines is 1. The molecule has 402 valence electrons. The van der Waals surface area contributed by atoms with E-state index in [1.54, 1.807) is 38.1 Å². The lowest BCUT2D eigenvalue weighted by atomic mass is 9.83. The van der Waals surface area contributed by atoms with Crippen molar-refractivity contribution in [1.82, 2.24) is 25.8 Å². The zero-order valence-electron chi connectivity index (χ0n) is 42.9. The number of hydrogen-bond acceptors (Lipinski definition) is 16. The number of thioether (sulfide) groups is 1. The number of ether oxygens (including phenoxy) is 5. The Labute approximate surface area is 435 Å². The molecule has 4 bridgehead atoms. The van der Waals surface area contributed by atoms with Crippen molar-refractivity contribution in [2.45, 2.75) is 133 Å². The minimum atomic E-state index is -1.91. The zero-order chi connectivity index (χ0) is 53.9. The average Bonchev–Trinajstić information content (AvgIpc) is 3.95. The molecule has 0 radical (unpaired) electrons. The van der Waals surface area contributed by atoms with Gasteiger partial charge in [0, 0.05) is 58.7 Å². The maximum absolute atomic E-state index is 14.5. The highest BCUT2D eigenvalue weighted by atomic mass is 35.5. The summed E-state index contributed by atoms with van der Waals surface area (Å²) in [7, 11) is 5.76. The normalized spacial score (nSPS) is 27.6. The molecule has 73 heavy (non-hydrogen) atoms. The first-order valence-corrected chi connectivity index (χ1v) is 26.0. The molecular formula is C50H70ClN7O14S. The Morgan fingerprint density at radius 1 is 1.08 bits per heavy atom. The van der Waals surface area contributed by atoms with Crippen molar-refractivity contribution in [3.8, 4) is 5.75 Å². The van der Waals surface area contributed by atoms with Crippen LogP contribution in [0.5, 0.6) is 5.75 Å². The number of hydrogen-bond donors (Lipinski definition) is 5. The second-order valence-electron chi connectivity index (χ2n) is 19.0. The number of methoxy groups -OCH3 is 2. The highest BCUT2D eigenvalue weighted by Crippen LogP contribution is 2.49. The van der Waals surface area contributed by atoms with Gasteiger partial charge in [-0.3, -0.25) is 39.0 Å². The van der Waals surface area contributed by atoms with Crippen LogP contribution in [0.4, 0.5) is 10.5 Å². The van der Waals surface area contributed by atoms with E-state index >= 15 is 0 Å². The Morgan fingerprint density at radius 2 is 1.78 bits per heavy atom. The Morgan fingerprint density at radius 3 is 2.42 bits per heavy atom. The molecule has 0 saturated carbocycles. The lowest BCUT2D eigenvalue weighted by Crippen LogP contribution is -2.63. The molecule has 1 aromatic rings. The Bertz CT molecular complexity index is 2330. The van der Waals surface area contributed by atoms with Gasteiger partial charge in [0.05, 0.1) is 25.3 Å². The largest absolute Gasteiger partial charge is 0.495 e. The van der Waals surface area contributed by atoms with Gasteiger partial charge in [0.2, 0.25) is 23.6 Å². The summed E-state index contributed by atoms with van der Waals surface area (Å²) in [5.41, 5.74) is 4.37. The van der Waals surface area contributed by atoms with Gasteiger partial charge in [-0.15, -0.1) is 0 Å².